The topological polar surface area (TPSA) is 140 Å². The lowest BCUT2D eigenvalue weighted by Crippen LogP contribution is -2.50. The monoisotopic (exact) mass is 492 g/mol. The molecule has 0 aliphatic carbocycles. The molecular weight excluding hydrogens is 456 g/mol. The Morgan fingerprint density at radius 3 is 2.39 bits per heavy atom. The average Bonchev–Trinajstić information content (AvgIpc) is 3.61. The normalized spacial score (nSPS) is 20.0. The predicted molar refractivity (Wildman–Crippen MR) is 140 cm³/mol. The van der Waals surface area contributed by atoms with Gasteiger partial charge in [-0.1, -0.05) is 24.3 Å². The van der Waals surface area contributed by atoms with Crippen LogP contribution in [0.5, 0.6) is 11.5 Å². The van der Waals surface area contributed by atoms with E-state index in [4.69, 9.17) is 26.4 Å². The molecule has 0 bridgehead atoms. The number of amides is 1. The third-order valence-corrected chi connectivity index (χ3v) is 6.39. The highest BCUT2D eigenvalue weighted by molar-refractivity contribution is 5.94. The Hall–Kier alpha value is -3.40. The number of nitrogens with zero attached hydrogens (tertiary/aromatic N) is 2. The molecule has 2 atom stereocenters. The molecule has 36 heavy (non-hydrogen) atoms. The van der Waals surface area contributed by atoms with Crippen LogP contribution in [0.15, 0.2) is 60.7 Å². The van der Waals surface area contributed by atoms with Crippen molar-refractivity contribution >= 4 is 11.7 Å². The van der Waals surface area contributed by atoms with E-state index in [2.05, 4.69) is 22.3 Å². The molecule has 2 aliphatic rings. The molecule has 2 fully saturated rings. The maximum Gasteiger partial charge on any atom is 0.236 e. The molecular formula is C27H36N6O3. The summed E-state index contributed by atoms with van der Waals surface area (Å²) in [6, 6.07) is 15.5. The summed E-state index contributed by atoms with van der Waals surface area (Å²) in [7, 11) is 0. The number of nitrogens with one attached hydrogen (secondary N) is 2. The Balaban J connectivity index is 1.05. The number of ether oxygens (including phenoxy) is 2. The average molecular weight is 493 g/mol. The van der Waals surface area contributed by atoms with Gasteiger partial charge in [0, 0.05) is 31.7 Å². The van der Waals surface area contributed by atoms with Crippen LogP contribution in [0.25, 0.3) is 0 Å². The fourth-order valence-corrected chi connectivity index (χ4v) is 4.14. The van der Waals surface area contributed by atoms with E-state index < -0.39 is 0 Å². The van der Waals surface area contributed by atoms with Crippen molar-refractivity contribution in [2.24, 2.45) is 11.5 Å². The lowest BCUT2D eigenvalue weighted by Gasteiger charge is -2.33. The number of hydrogen-bond acceptors (Lipinski definition) is 7. The molecule has 0 aromatic heterocycles. The van der Waals surface area contributed by atoms with Crippen LogP contribution >= 0.6 is 0 Å². The first-order chi connectivity index (χ1) is 17.5. The Bertz CT molecular complexity index is 1040. The van der Waals surface area contributed by atoms with Crippen molar-refractivity contribution in [2.45, 2.75) is 25.0 Å². The number of nitrogens with two attached hydrogens (primary N) is 2. The van der Waals surface area contributed by atoms with Crippen molar-refractivity contribution in [3.05, 3.63) is 71.8 Å². The smallest absolute Gasteiger partial charge is 0.236 e. The van der Waals surface area contributed by atoms with Gasteiger partial charge < -0.3 is 25.8 Å². The van der Waals surface area contributed by atoms with E-state index in [0.29, 0.717) is 25.3 Å². The molecule has 2 saturated heterocycles. The minimum Gasteiger partial charge on any atom is -0.494 e. The van der Waals surface area contributed by atoms with Crippen LogP contribution in [-0.4, -0.2) is 73.6 Å². The van der Waals surface area contributed by atoms with Gasteiger partial charge in [-0.15, -0.1) is 0 Å². The standard InChI is InChI=1S/C27H36N6O3/c28-26(29)21-7-11-23(12-8-21)35-17-3-1-13-32-15-16-33(24(34)19-32)14-2-4-18-36-22-9-5-20(6-10-22)25-27(30)31-25/h1,3,5-12,25,27,31H,2,4,13-19,30H2,(H3,28,29)/b3-1+. The van der Waals surface area contributed by atoms with Crippen LogP contribution in [0.1, 0.15) is 30.0 Å². The number of rotatable bonds is 13. The summed E-state index contributed by atoms with van der Waals surface area (Å²) in [4.78, 5) is 16.6. The highest BCUT2D eigenvalue weighted by Gasteiger charge is 2.33. The van der Waals surface area contributed by atoms with Crippen molar-refractivity contribution in [1.29, 1.82) is 5.41 Å². The summed E-state index contributed by atoms with van der Waals surface area (Å²) in [5, 5.41) is 10.6. The summed E-state index contributed by atoms with van der Waals surface area (Å²) in [5.74, 6) is 1.81. The first-order valence-electron chi connectivity index (χ1n) is 12.5. The van der Waals surface area contributed by atoms with E-state index in [1.165, 1.54) is 5.56 Å². The van der Waals surface area contributed by atoms with Crippen molar-refractivity contribution in [1.82, 2.24) is 15.1 Å². The van der Waals surface area contributed by atoms with E-state index in [-0.39, 0.29) is 24.0 Å². The fraction of sp³-hybridized carbons (Fsp3) is 0.407. The van der Waals surface area contributed by atoms with Crippen LogP contribution in [0.2, 0.25) is 0 Å². The molecule has 9 heteroatoms. The van der Waals surface area contributed by atoms with Crippen molar-refractivity contribution in [2.75, 3.05) is 45.9 Å². The van der Waals surface area contributed by atoms with Gasteiger partial charge in [0.1, 0.15) is 23.9 Å². The molecule has 2 heterocycles. The first kappa shape index (κ1) is 25.7. The molecule has 4 rings (SSSR count). The maximum absolute atomic E-state index is 12.5. The van der Waals surface area contributed by atoms with E-state index in [1.54, 1.807) is 24.3 Å². The summed E-state index contributed by atoms with van der Waals surface area (Å²) in [6.07, 6.45) is 5.90. The maximum atomic E-state index is 12.5. The third-order valence-electron chi connectivity index (χ3n) is 6.39. The van der Waals surface area contributed by atoms with Gasteiger partial charge in [0.15, 0.2) is 0 Å². The van der Waals surface area contributed by atoms with Crippen LogP contribution in [0.3, 0.4) is 0 Å². The van der Waals surface area contributed by atoms with Gasteiger partial charge in [0.2, 0.25) is 5.91 Å². The molecule has 0 radical (unpaired) electrons. The lowest BCUT2D eigenvalue weighted by atomic mass is 10.1. The highest BCUT2D eigenvalue weighted by Crippen LogP contribution is 2.27. The zero-order chi connectivity index (χ0) is 25.3. The summed E-state index contributed by atoms with van der Waals surface area (Å²) in [6.45, 7) is 4.65. The molecule has 2 unspecified atom stereocenters. The van der Waals surface area contributed by atoms with Crippen LogP contribution < -0.4 is 26.3 Å². The number of amidine groups is 1. The molecule has 6 N–H and O–H groups in total. The van der Waals surface area contributed by atoms with Crippen molar-refractivity contribution in [3.8, 4) is 11.5 Å². The van der Waals surface area contributed by atoms with Gasteiger partial charge in [-0.25, -0.2) is 0 Å². The lowest BCUT2D eigenvalue weighted by molar-refractivity contribution is -0.135. The van der Waals surface area contributed by atoms with E-state index in [0.717, 1.165) is 50.5 Å². The summed E-state index contributed by atoms with van der Waals surface area (Å²) >= 11 is 0. The zero-order valence-corrected chi connectivity index (χ0v) is 20.6. The fourth-order valence-electron chi connectivity index (χ4n) is 4.14. The van der Waals surface area contributed by atoms with Gasteiger partial charge in [0.25, 0.3) is 0 Å². The molecule has 9 nitrogen and oxygen atoms in total. The quantitative estimate of drug-likeness (QED) is 0.110. The molecule has 1 amide bonds. The number of carbonyl (C=O) groups excluding carboxylic acids is 1. The molecule has 0 saturated carbocycles. The van der Waals surface area contributed by atoms with E-state index >= 15 is 0 Å². The Morgan fingerprint density at radius 1 is 1.03 bits per heavy atom. The molecule has 2 aromatic rings. The van der Waals surface area contributed by atoms with Gasteiger partial charge in [-0.2, -0.15) is 0 Å². The second kappa shape index (κ2) is 12.5. The number of unbranched alkanes of at least 4 members (excludes halogenated alkanes) is 1. The summed E-state index contributed by atoms with van der Waals surface area (Å²) < 4.78 is 11.5. The third kappa shape index (κ3) is 7.55. The molecule has 0 spiro atoms. The number of hydrogen-bond donors (Lipinski definition) is 4. The first-order valence-corrected chi connectivity index (χ1v) is 12.5. The second-order valence-corrected chi connectivity index (χ2v) is 9.13. The van der Waals surface area contributed by atoms with Crippen molar-refractivity contribution in [3.63, 3.8) is 0 Å². The van der Waals surface area contributed by atoms with Crippen LogP contribution in [0, 0.1) is 5.41 Å². The largest absolute Gasteiger partial charge is 0.494 e. The predicted octanol–water partition coefficient (Wildman–Crippen LogP) is 1.84. The zero-order valence-electron chi connectivity index (χ0n) is 20.6. The minimum absolute atomic E-state index is 0.0416. The van der Waals surface area contributed by atoms with E-state index in [1.807, 2.05) is 29.2 Å². The summed E-state index contributed by atoms with van der Waals surface area (Å²) in [5.41, 5.74) is 13.1. The number of benzene rings is 2. The second-order valence-electron chi connectivity index (χ2n) is 9.13. The van der Waals surface area contributed by atoms with Crippen molar-refractivity contribution < 1.29 is 14.3 Å². The van der Waals surface area contributed by atoms with Crippen LogP contribution in [0.4, 0.5) is 0 Å². The number of carbonyl (C=O) groups is 1. The van der Waals surface area contributed by atoms with Gasteiger partial charge >= 0.3 is 0 Å². The SMILES string of the molecule is N=C(N)c1ccc(OC/C=C/CN2CCN(CCCCOc3ccc(C4NC4N)cc3)C(=O)C2)cc1. The number of piperazine rings is 1. The Morgan fingerprint density at radius 2 is 1.72 bits per heavy atom. The Labute approximate surface area is 212 Å². The van der Waals surface area contributed by atoms with Gasteiger partial charge in [0.05, 0.1) is 25.4 Å². The molecule has 2 aromatic carbocycles. The van der Waals surface area contributed by atoms with Gasteiger partial charge in [-0.3, -0.25) is 20.4 Å². The highest BCUT2D eigenvalue weighted by atomic mass is 16.5. The molecule has 192 valence electrons. The van der Waals surface area contributed by atoms with Crippen LogP contribution in [-0.2, 0) is 4.79 Å². The minimum atomic E-state index is 0.0416. The number of nitrogen functional groups attached to an aromatic ring is 1. The van der Waals surface area contributed by atoms with Gasteiger partial charge in [-0.05, 0) is 54.8 Å². The Kier molecular flexibility index (Phi) is 8.94. The van der Waals surface area contributed by atoms with E-state index in [9.17, 15) is 4.79 Å². The molecule has 2 aliphatic heterocycles.